The zero-order valence-electron chi connectivity index (χ0n) is 18.2. The summed E-state index contributed by atoms with van der Waals surface area (Å²) in [7, 11) is 0. The molecule has 3 heterocycles. The molecule has 176 valence electrons. The molecule has 2 N–H and O–H groups in total. The highest BCUT2D eigenvalue weighted by Gasteiger charge is 2.60. The van der Waals surface area contributed by atoms with Crippen molar-refractivity contribution in [1.82, 2.24) is 9.80 Å². The summed E-state index contributed by atoms with van der Waals surface area (Å²) < 4.78 is 5.05. The predicted octanol–water partition coefficient (Wildman–Crippen LogP) is 0.456. The number of benzene rings is 1. The van der Waals surface area contributed by atoms with Gasteiger partial charge >= 0.3 is 11.9 Å². The van der Waals surface area contributed by atoms with E-state index in [-0.39, 0.29) is 22.9 Å². The molecule has 2 fully saturated rings. The van der Waals surface area contributed by atoms with Crippen molar-refractivity contribution in [1.29, 1.82) is 0 Å². The predicted molar refractivity (Wildman–Crippen MR) is 113 cm³/mol. The van der Waals surface area contributed by atoms with Gasteiger partial charge in [0.05, 0.1) is 34.7 Å². The Balaban J connectivity index is 1.59. The molecule has 11 heteroatoms. The van der Waals surface area contributed by atoms with Crippen molar-refractivity contribution < 1.29 is 34.3 Å². The number of amides is 1. The summed E-state index contributed by atoms with van der Waals surface area (Å²) in [5.74, 6) is -3.30. The first-order valence-electron chi connectivity index (χ1n) is 10.8. The Hall–Kier alpha value is -3.15. The number of ether oxygens (including phenoxy) is 1. The van der Waals surface area contributed by atoms with Gasteiger partial charge in [-0.05, 0) is 31.1 Å². The van der Waals surface area contributed by atoms with Crippen LogP contribution in [0.1, 0.15) is 30.6 Å². The van der Waals surface area contributed by atoms with Crippen LogP contribution in [0.2, 0.25) is 0 Å². The zero-order valence-corrected chi connectivity index (χ0v) is 18.2. The lowest BCUT2D eigenvalue weighted by molar-refractivity contribution is -0.384. The molecule has 0 aromatic heterocycles. The zero-order chi connectivity index (χ0) is 24.0. The van der Waals surface area contributed by atoms with Crippen LogP contribution in [0.3, 0.4) is 0 Å². The topological polar surface area (TPSA) is 151 Å². The molecule has 0 spiro atoms. The van der Waals surface area contributed by atoms with Crippen molar-refractivity contribution in [2.75, 3.05) is 19.6 Å². The SMILES string of the molecule is C[C@@H](O)[C@H]1C(=O)N2C(C(=O)OC(=O)c3ccc([N+](=O)[O-])cc3)=C(CN3CC[C@H](O)C3)[C@H](C)[C@H]12. The van der Waals surface area contributed by atoms with Gasteiger partial charge in [-0.1, -0.05) is 6.92 Å². The van der Waals surface area contributed by atoms with Gasteiger partial charge in [0.1, 0.15) is 5.70 Å². The molecule has 3 aliphatic heterocycles. The first kappa shape index (κ1) is 23.0. The highest BCUT2D eigenvalue weighted by atomic mass is 16.6. The molecule has 4 rings (SSSR count). The smallest absolute Gasteiger partial charge is 0.362 e. The van der Waals surface area contributed by atoms with E-state index in [1.807, 2.05) is 11.8 Å². The fourth-order valence-corrected chi connectivity index (χ4v) is 4.95. The molecular weight excluding hydrogens is 434 g/mol. The standard InChI is InChI=1S/C22H25N3O8/c1-11-16(10-23-8-7-15(27)9-23)19(24-18(11)17(12(2)26)20(24)28)22(30)33-21(29)13-3-5-14(6-4-13)25(31)32/h3-6,11-12,15,17-18,26-27H,7-10H2,1-2H3/t11-,12+,15-,17+,18+/m0/s1. The van der Waals surface area contributed by atoms with Crippen LogP contribution < -0.4 is 0 Å². The third-order valence-corrected chi connectivity index (χ3v) is 6.65. The Morgan fingerprint density at radius 1 is 1.27 bits per heavy atom. The number of carbonyl (C=O) groups excluding carboxylic acids is 3. The Morgan fingerprint density at radius 3 is 2.48 bits per heavy atom. The van der Waals surface area contributed by atoms with Gasteiger partial charge in [-0.15, -0.1) is 0 Å². The van der Waals surface area contributed by atoms with Crippen LogP contribution in [0.25, 0.3) is 0 Å². The summed E-state index contributed by atoms with van der Waals surface area (Å²) in [6.45, 7) is 4.76. The van der Waals surface area contributed by atoms with Crippen LogP contribution in [-0.2, 0) is 14.3 Å². The minimum Gasteiger partial charge on any atom is -0.393 e. The summed E-state index contributed by atoms with van der Waals surface area (Å²) >= 11 is 0. The number of hydrogen-bond acceptors (Lipinski definition) is 9. The van der Waals surface area contributed by atoms with Gasteiger partial charge in [0.25, 0.3) is 5.69 Å². The van der Waals surface area contributed by atoms with E-state index in [4.69, 9.17) is 4.74 Å². The van der Waals surface area contributed by atoms with Crippen LogP contribution in [-0.4, -0.2) is 80.7 Å². The minimum absolute atomic E-state index is 0.00829. The number of nitro benzene ring substituents is 1. The number of β-amino-alcohol motifs (C(OH)–C–C–N with tert-alkyl or cyclic N) is 1. The molecular formula is C22H25N3O8. The van der Waals surface area contributed by atoms with E-state index in [2.05, 4.69) is 0 Å². The first-order valence-corrected chi connectivity index (χ1v) is 10.8. The maximum Gasteiger partial charge on any atom is 0.362 e. The Morgan fingerprint density at radius 2 is 1.94 bits per heavy atom. The molecule has 0 saturated carbocycles. The number of rotatable bonds is 6. The molecule has 0 bridgehead atoms. The summed E-state index contributed by atoms with van der Waals surface area (Å²) in [5, 5.41) is 30.7. The van der Waals surface area contributed by atoms with E-state index < -0.39 is 46.9 Å². The fourth-order valence-electron chi connectivity index (χ4n) is 4.95. The number of carbonyl (C=O) groups is 3. The molecule has 2 saturated heterocycles. The minimum atomic E-state index is -0.991. The summed E-state index contributed by atoms with van der Waals surface area (Å²) in [6, 6.07) is 4.21. The number of non-ortho nitro benzene ring substituents is 1. The lowest BCUT2D eigenvalue weighted by Crippen LogP contribution is -2.63. The van der Waals surface area contributed by atoms with Crippen LogP contribution in [0.5, 0.6) is 0 Å². The molecule has 0 radical (unpaired) electrons. The number of likely N-dealkylation sites (tertiary alicyclic amines) is 1. The normalized spacial score (nSPS) is 27.9. The molecule has 5 atom stereocenters. The van der Waals surface area contributed by atoms with E-state index in [1.54, 1.807) is 0 Å². The van der Waals surface area contributed by atoms with Crippen LogP contribution in [0.15, 0.2) is 35.5 Å². The van der Waals surface area contributed by atoms with Crippen molar-refractivity contribution in [2.45, 2.75) is 38.5 Å². The maximum absolute atomic E-state index is 13.1. The van der Waals surface area contributed by atoms with Gasteiger partial charge in [0.2, 0.25) is 5.91 Å². The lowest BCUT2D eigenvalue weighted by atomic mass is 9.77. The quantitative estimate of drug-likeness (QED) is 0.203. The van der Waals surface area contributed by atoms with Crippen molar-refractivity contribution in [3.63, 3.8) is 0 Å². The molecule has 33 heavy (non-hydrogen) atoms. The Bertz CT molecular complexity index is 1030. The fraction of sp³-hybridized carbons (Fsp3) is 0.500. The van der Waals surface area contributed by atoms with Gasteiger partial charge in [-0.2, -0.15) is 0 Å². The van der Waals surface area contributed by atoms with Crippen LogP contribution >= 0.6 is 0 Å². The number of nitro groups is 1. The number of aliphatic hydroxyl groups excluding tert-OH is 2. The number of fused-ring (bicyclic) bond motifs is 1. The number of aliphatic hydroxyl groups is 2. The number of β-lactam (4-membered cyclic amide) rings is 1. The third-order valence-electron chi connectivity index (χ3n) is 6.65. The molecule has 1 aromatic carbocycles. The van der Waals surface area contributed by atoms with E-state index >= 15 is 0 Å². The van der Waals surface area contributed by atoms with Crippen LogP contribution in [0.4, 0.5) is 5.69 Å². The Labute approximate surface area is 189 Å². The first-order chi connectivity index (χ1) is 15.6. The van der Waals surface area contributed by atoms with Gasteiger partial charge in [-0.3, -0.25) is 19.8 Å². The lowest BCUT2D eigenvalue weighted by Gasteiger charge is -2.46. The van der Waals surface area contributed by atoms with Gasteiger partial charge in [-0.25, -0.2) is 9.59 Å². The number of nitrogens with zero attached hydrogens (tertiary/aromatic N) is 3. The van der Waals surface area contributed by atoms with Crippen molar-refractivity contribution in [3.8, 4) is 0 Å². The average molecular weight is 459 g/mol. The van der Waals surface area contributed by atoms with E-state index in [0.29, 0.717) is 31.6 Å². The largest absolute Gasteiger partial charge is 0.393 e. The van der Waals surface area contributed by atoms with Gasteiger partial charge in [0.15, 0.2) is 0 Å². The molecule has 1 amide bonds. The molecule has 0 aliphatic carbocycles. The highest BCUT2D eigenvalue weighted by molar-refractivity contribution is 6.06. The van der Waals surface area contributed by atoms with Crippen molar-refractivity contribution in [3.05, 3.63) is 51.2 Å². The monoisotopic (exact) mass is 459 g/mol. The summed E-state index contributed by atoms with van der Waals surface area (Å²) in [4.78, 5) is 51.8. The summed E-state index contributed by atoms with van der Waals surface area (Å²) in [6.07, 6.45) is -0.763. The highest BCUT2D eigenvalue weighted by Crippen LogP contribution is 2.47. The van der Waals surface area contributed by atoms with Gasteiger partial charge in [0, 0.05) is 37.7 Å². The van der Waals surface area contributed by atoms with Crippen molar-refractivity contribution >= 4 is 23.5 Å². The van der Waals surface area contributed by atoms with Crippen molar-refractivity contribution in [2.24, 2.45) is 11.8 Å². The van der Waals surface area contributed by atoms with E-state index in [0.717, 1.165) is 12.1 Å². The molecule has 11 nitrogen and oxygen atoms in total. The van der Waals surface area contributed by atoms with E-state index in [9.17, 15) is 34.7 Å². The number of hydrogen-bond donors (Lipinski definition) is 2. The Kier molecular flexibility index (Phi) is 6.04. The average Bonchev–Trinajstić information content (AvgIpc) is 3.27. The molecule has 0 unspecified atom stereocenters. The second-order valence-electron chi connectivity index (χ2n) is 8.79. The molecule has 1 aromatic rings. The second-order valence-corrected chi connectivity index (χ2v) is 8.79. The second kappa shape index (κ2) is 8.65. The van der Waals surface area contributed by atoms with Gasteiger partial charge < -0.3 is 19.8 Å². The van der Waals surface area contributed by atoms with E-state index in [1.165, 1.54) is 24.0 Å². The number of esters is 2. The van der Waals surface area contributed by atoms with Crippen LogP contribution in [0, 0.1) is 22.0 Å². The summed E-state index contributed by atoms with van der Waals surface area (Å²) in [5.41, 5.74) is 0.356. The molecule has 3 aliphatic rings. The maximum atomic E-state index is 13.1. The third kappa shape index (κ3) is 4.03.